The molecule has 0 bridgehead atoms. The van der Waals surface area contributed by atoms with Gasteiger partial charge in [0, 0.05) is 24.0 Å². The molecule has 1 N–H and O–H groups in total. The van der Waals surface area contributed by atoms with Crippen LogP contribution in [0.3, 0.4) is 0 Å². The second-order valence-electron chi connectivity index (χ2n) is 3.91. The van der Waals surface area contributed by atoms with Crippen LogP contribution in [0.5, 0.6) is 0 Å². The largest absolute Gasteiger partial charge is 0.312 e. The molecule has 18 heavy (non-hydrogen) atoms. The third-order valence-electron chi connectivity index (χ3n) is 2.43. The van der Waals surface area contributed by atoms with E-state index in [1.165, 1.54) is 17.0 Å². The fourth-order valence-electron chi connectivity index (χ4n) is 1.64. The summed E-state index contributed by atoms with van der Waals surface area (Å²) < 4.78 is 26.6. The van der Waals surface area contributed by atoms with Gasteiger partial charge in [-0.1, -0.05) is 11.6 Å². The molecule has 0 spiro atoms. The van der Waals surface area contributed by atoms with Gasteiger partial charge >= 0.3 is 0 Å². The lowest BCUT2D eigenvalue weighted by Gasteiger charge is -2.04. The maximum absolute atomic E-state index is 12.9. The fourth-order valence-corrected chi connectivity index (χ4v) is 2.73. The highest BCUT2D eigenvalue weighted by Crippen LogP contribution is 2.21. The van der Waals surface area contributed by atoms with Crippen LogP contribution >= 0.6 is 22.9 Å². The number of hydrogen-bond donors (Lipinski definition) is 1. The fraction of sp³-hybridized carbons (Fsp3) is 0.231. The molecule has 0 atom stereocenters. The summed E-state index contributed by atoms with van der Waals surface area (Å²) in [7, 11) is 0. The average molecular weight is 288 g/mol. The number of benzene rings is 1. The Balaban J connectivity index is 1.78. The molecular formula is C13H12ClF2NS. The molecule has 0 aliphatic rings. The van der Waals surface area contributed by atoms with Crippen molar-refractivity contribution in [1.82, 2.24) is 5.32 Å². The number of thiophene rings is 1. The summed E-state index contributed by atoms with van der Waals surface area (Å²) in [4.78, 5) is 1.19. The Morgan fingerprint density at radius 1 is 1.11 bits per heavy atom. The SMILES string of the molecule is Fc1cc(F)cc(CNCCc2ccc(Cl)s2)c1. The smallest absolute Gasteiger partial charge is 0.126 e. The Kier molecular flexibility index (Phi) is 4.69. The van der Waals surface area contributed by atoms with E-state index in [2.05, 4.69) is 5.32 Å². The minimum atomic E-state index is -0.545. The molecule has 1 nitrogen and oxygen atoms in total. The highest BCUT2D eigenvalue weighted by Gasteiger charge is 2.01. The maximum atomic E-state index is 12.9. The Morgan fingerprint density at radius 3 is 2.44 bits per heavy atom. The van der Waals surface area contributed by atoms with Gasteiger partial charge in [-0.25, -0.2) is 8.78 Å². The van der Waals surface area contributed by atoms with E-state index in [0.29, 0.717) is 12.1 Å². The van der Waals surface area contributed by atoms with Crippen LogP contribution in [0.1, 0.15) is 10.4 Å². The first-order valence-electron chi connectivity index (χ1n) is 5.53. The van der Waals surface area contributed by atoms with Crippen molar-refractivity contribution >= 4 is 22.9 Å². The lowest BCUT2D eigenvalue weighted by Crippen LogP contribution is -2.16. The predicted octanol–water partition coefficient (Wildman–Crippen LogP) is 4.01. The summed E-state index contributed by atoms with van der Waals surface area (Å²) in [6.07, 6.45) is 0.856. The number of rotatable bonds is 5. The number of hydrogen-bond acceptors (Lipinski definition) is 2. The molecule has 2 rings (SSSR count). The zero-order chi connectivity index (χ0) is 13.0. The minimum Gasteiger partial charge on any atom is -0.312 e. The minimum absolute atomic E-state index is 0.452. The van der Waals surface area contributed by atoms with Gasteiger partial charge in [-0.15, -0.1) is 11.3 Å². The quantitative estimate of drug-likeness (QED) is 0.819. The van der Waals surface area contributed by atoms with Crippen molar-refractivity contribution in [3.05, 3.63) is 56.7 Å². The van der Waals surface area contributed by atoms with Crippen molar-refractivity contribution in [2.75, 3.05) is 6.54 Å². The predicted molar refractivity (Wildman–Crippen MR) is 71.1 cm³/mol. The molecule has 0 aliphatic heterocycles. The molecule has 0 amide bonds. The van der Waals surface area contributed by atoms with Gasteiger partial charge < -0.3 is 5.32 Å². The zero-order valence-electron chi connectivity index (χ0n) is 9.55. The molecular weight excluding hydrogens is 276 g/mol. The summed E-state index contributed by atoms with van der Waals surface area (Å²) in [5, 5.41) is 3.14. The van der Waals surface area contributed by atoms with Gasteiger partial charge in [0.05, 0.1) is 4.34 Å². The molecule has 0 unspecified atom stereocenters. The van der Waals surface area contributed by atoms with Crippen LogP contribution < -0.4 is 5.32 Å². The first-order chi connectivity index (χ1) is 8.63. The highest BCUT2D eigenvalue weighted by molar-refractivity contribution is 7.16. The van der Waals surface area contributed by atoms with E-state index in [1.807, 2.05) is 12.1 Å². The van der Waals surface area contributed by atoms with Crippen molar-refractivity contribution in [2.24, 2.45) is 0 Å². The molecule has 0 aliphatic carbocycles. The van der Waals surface area contributed by atoms with Crippen molar-refractivity contribution in [3.63, 3.8) is 0 Å². The van der Waals surface area contributed by atoms with E-state index in [4.69, 9.17) is 11.6 Å². The molecule has 0 saturated carbocycles. The molecule has 0 saturated heterocycles. The Morgan fingerprint density at radius 2 is 1.83 bits per heavy atom. The van der Waals surface area contributed by atoms with Crippen LogP contribution in [0, 0.1) is 11.6 Å². The normalized spacial score (nSPS) is 10.8. The maximum Gasteiger partial charge on any atom is 0.126 e. The molecule has 1 aromatic heterocycles. The van der Waals surface area contributed by atoms with Crippen molar-refractivity contribution < 1.29 is 8.78 Å². The lowest BCUT2D eigenvalue weighted by atomic mass is 10.2. The van der Waals surface area contributed by atoms with Gasteiger partial charge in [-0.2, -0.15) is 0 Å². The second kappa shape index (κ2) is 6.27. The van der Waals surface area contributed by atoms with E-state index in [0.717, 1.165) is 23.4 Å². The van der Waals surface area contributed by atoms with Gasteiger partial charge in [0.1, 0.15) is 11.6 Å². The van der Waals surface area contributed by atoms with Crippen molar-refractivity contribution in [1.29, 1.82) is 0 Å². The molecule has 0 radical (unpaired) electrons. The third-order valence-corrected chi connectivity index (χ3v) is 3.72. The topological polar surface area (TPSA) is 12.0 Å². The lowest BCUT2D eigenvalue weighted by molar-refractivity contribution is 0.575. The zero-order valence-corrected chi connectivity index (χ0v) is 11.1. The van der Waals surface area contributed by atoms with E-state index >= 15 is 0 Å². The summed E-state index contributed by atoms with van der Waals surface area (Å²) in [5.74, 6) is -1.09. The Bertz CT molecular complexity index is 507. The van der Waals surface area contributed by atoms with Gasteiger partial charge in [0.15, 0.2) is 0 Å². The van der Waals surface area contributed by atoms with Gasteiger partial charge in [0.25, 0.3) is 0 Å². The van der Waals surface area contributed by atoms with Crippen LogP contribution in [-0.2, 0) is 13.0 Å². The molecule has 5 heteroatoms. The van der Waals surface area contributed by atoms with E-state index in [9.17, 15) is 8.78 Å². The van der Waals surface area contributed by atoms with E-state index in [-0.39, 0.29) is 0 Å². The second-order valence-corrected chi connectivity index (χ2v) is 5.71. The third kappa shape index (κ3) is 4.05. The van der Waals surface area contributed by atoms with Crippen molar-refractivity contribution in [3.8, 4) is 0 Å². The van der Waals surface area contributed by atoms with Crippen LogP contribution in [0.4, 0.5) is 8.78 Å². The molecule has 1 heterocycles. The standard InChI is InChI=1S/C13H12ClF2NS/c14-13-2-1-12(18-13)3-4-17-8-9-5-10(15)7-11(16)6-9/h1-2,5-7,17H,3-4,8H2. The van der Waals surface area contributed by atoms with Crippen LogP contribution in [0.25, 0.3) is 0 Å². The summed E-state index contributed by atoms with van der Waals surface area (Å²) in [6.45, 7) is 1.20. The summed E-state index contributed by atoms with van der Waals surface area (Å²) in [6, 6.07) is 7.38. The number of nitrogens with one attached hydrogen (secondary N) is 1. The molecule has 0 fully saturated rings. The first-order valence-corrected chi connectivity index (χ1v) is 6.73. The van der Waals surface area contributed by atoms with Crippen molar-refractivity contribution in [2.45, 2.75) is 13.0 Å². The summed E-state index contributed by atoms with van der Waals surface area (Å²) >= 11 is 7.36. The summed E-state index contributed by atoms with van der Waals surface area (Å²) in [5.41, 5.74) is 0.608. The van der Waals surface area contributed by atoms with E-state index < -0.39 is 11.6 Å². The Labute approximate surface area is 113 Å². The number of halogens is 3. The van der Waals surface area contributed by atoms with Gasteiger partial charge in [-0.05, 0) is 36.2 Å². The highest BCUT2D eigenvalue weighted by atomic mass is 35.5. The van der Waals surface area contributed by atoms with Crippen LogP contribution in [-0.4, -0.2) is 6.54 Å². The molecule has 2 aromatic rings. The monoisotopic (exact) mass is 287 g/mol. The first kappa shape index (κ1) is 13.5. The van der Waals surface area contributed by atoms with Crippen LogP contribution in [0.2, 0.25) is 4.34 Å². The molecule has 1 aromatic carbocycles. The Hall–Kier alpha value is -0.970. The average Bonchev–Trinajstić information content (AvgIpc) is 2.69. The van der Waals surface area contributed by atoms with Gasteiger partial charge in [0.2, 0.25) is 0 Å². The van der Waals surface area contributed by atoms with E-state index in [1.54, 1.807) is 11.3 Å². The van der Waals surface area contributed by atoms with Gasteiger partial charge in [-0.3, -0.25) is 0 Å². The molecule has 96 valence electrons. The van der Waals surface area contributed by atoms with Crippen LogP contribution in [0.15, 0.2) is 30.3 Å².